The summed E-state index contributed by atoms with van der Waals surface area (Å²) in [6.45, 7) is 3.67. The fourth-order valence-corrected chi connectivity index (χ4v) is 2.01. The molecule has 0 aliphatic rings. The van der Waals surface area contributed by atoms with Gasteiger partial charge in [0.05, 0.1) is 11.3 Å². The van der Waals surface area contributed by atoms with Gasteiger partial charge >= 0.3 is 12.0 Å². The van der Waals surface area contributed by atoms with E-state index in [-0.39, 0.29) is 5.56 Å². The van der Waals surface area contributed by atoms with Crippen LogP contribution in [0.4, 0.5) is 16.2 Å². The molecule has 0 bridgehead atoms. The molecule has 2 amide bonds. The number of urea groups is 1. The maximum absolute atomic E-state index is 12.0. The number of rotatable bonds is 3. The number of carboxylic acids is 1. The molecule has 0 fully saturated rings. The van der Waals surface area contributed by atoms with Crippen LogP contribution in [0.1, 0.15) is 21.5 Å². The summed E-state index contributed by atoms with van der Waals surface area (Å²) in [5.41, 5.74) is 2.73. The van der Waals surface area contributed by atoms with Gasteiger partial charge in [-0.25, -0.2) is 9.59 Å². The smallest absolute Gasteiger partial charge is 0.337 e. The topological polar surface area (TPSA) is 78.4 Å². The summed E-state index contributed by atoms with van der Waals surface area (Å²) in [6, 6.07) is 11.7. The van der Waals surface area contributed by atoms with Crippen molar-refractivity contribution in [2.75, 3.05) is 10.6 Å². The quantitative estimate of drug-likeness (QED) is 0.805. The van der Waals surface area contributed by atoms with Crippen molar-refractivity contribution in [2.24, 2.45) is 0 Å². The van der Waals surface area contributed by atoms with E-state index in [9.17, 15) is 9.59 Å². The number of aryl methyl sites for hydroxylation is 2. The van der Waals surface area contributed by atoms with Gasteiger partial charge in [-0.15, -0.1) is 0 Å². The molecule has 5 heteroatoms. The van der Waals surface area contributed by atoms with Gasteiger partial charge in [0.1, 0.15) is 0 Å². The van der Waals surface area contributed by atoms with Gasteiger partial charge in [0.25, 0.3) is 0 Å². The van der Waals surface area contributed by atoms with Crippen LogP contribution in [0.25, 0.3) is 0 Å². The minimum absolute atomic E-state index is 0.0643. The van der Waals surface area contributed by atoms with Crippen molar-refractivity contribution >= 4 is 23.4 Å². The first-order valence-electron chi connectivity index (χ1n) is 6.45. The first-order chi connectivity index (χ1) is 9.97. The van der Waals surface area contributed by atoms with Crippen LogP contribution >= 0.6 is 0 Å². The molecule has 0 aromatic heterocycles. The number of nitrogens with one attached hydrogen (secondary N) is 2. The van der Waals surface area contributed by atoms with Gasteiger partial charge in [0.2, 0.25) is 0 Å². The number of anilines is 2. The van der Waals surface area contributed by atoms with Crippen molar-refractivity contribution in [3.8, 4) is 0 Å². The lowest BCUT2D eigenvalue weighted by Gasteiger charge is -2.12. The minimum Gasteiger partial charge on any atom is -0.478 e. The standard InChI is InChI=1S/C16H16N2O3/c1-10-5-3-7-12(9-10)17-16(21)18-14-11(2)6-4-8-13(14)15(19)20/h3-9H,1-2H3,(H,19,20)(H2,17,18,21). The second-order valence-corrected chi connectivity index (χ2v) is 4.75. The number of carboxylic acid groups (broad SMARTS) is 1. The number of amides is 2. The minimum atomic E-state index is -1.08. The van der Waals surface area contributed by atoms with Crippen LogP contribution in [0.3, 0.4) is 0 Å². The fraction of sp³-hybridized carbons (Fsp3) is 0.125. The van der Waals surface area contributed by atoms with Gasteiger partial charge in [-0.1, -0.05) is 24.3 Å². The normalized spacial score (nSPS) is 10.0. The van der Waals surface area contributed by atoms with Crippen LogP contribution in [0.2, 0.25) is 0 Å². The molecule has 0 unspecified atom stereocenters. The monoisotopic (exact) mass is 284 g/mol. The van der Waals surface area contributed by atoms with E-state index >= 15 is 0 Å². The highest BCUT2D eigenvalue weighted by molar-refractivity contribution is 6.05. The van der Waals surface area contributed by atoms with Crippen LogP contribution in [-0.2, 0) is 0 Å². The fourth-order valence-electron chi connectivity index (χ4n) is 2.01. The average molecular weight is 284 g/mol. The van der Waals surface area contributed by atoms with E-state index in [2.05, 4.69) is 10.6 Å². The number of para-hydroxylation sites is 1. The largest absolute Gasteiger partial charge is 0.478 e. The highest BCUT2D eigenvalue weighted by Crippen LogP contribution is 2.21. The summed E-state index contributed by atoms with van der Waals surface area (Å²) in [4.78, 5) is 23.2. The SMILES string of the molecule is Cc1cccc(NC(=O)Nc2c(C)cccc2C(=O)O)c1. The van der Waals surface area contributed by atoms with Gasteiger partial charge in [-0.05, 0) is 43.2 Å². The molecule has 0 aliphatic carbocycles. The third-order valence-corrected chi connectivity index (χ3v) is 3.02. The van der Waals surface area contributed by atoms with Crippen LogP contribution < -0.4 is 10.6 Å². The summed E-state index contributed by atoms with van der Waals surface area (Å²) < 4.78 is 0. The molecule has 0 heterocycles. The third-order valence-electron chi connectivity index (χ3n) is 3.02. The molecule has 0 spiro atoms. The molecule has 2 aromatic carbocycles. The van der Waals surface area contributed by atoms with Crippen molar-refractivity contribution in [3.63, 3.8) is 0 Å². The molecule has 108 valence electrons. The molecular formula is C16H16N2O3. The van der Waals surface area contributed by atoms with Gasteiger partial charge in [0, 0.05) is 5.69 Å². The van der Waals surface area contributed by atoms with Crippen LogP contribution in [0.15, 0.2) is 42.5 Å². The molecule has 5 nitrogen and oxygen atoms in total. The van der Waals surface area contributed by atoms with Crippen LogP contribution in [0.5, 0.6) is 0 Å². The molecule has 0 atom stereocenters. The molecule has 0 aliphatic heterocycles. The summed E-state index contributed by atoms with van der Waals surface area (Å²) in [7, 11) is 0. The van der Waals surface area contributed by atoms with E-state index in [1.165, 1.54) is 6.07 Å². The Bertz CT molecular complexity index is 696. The van der Waals surface area contributed by atoms with Gasteiger partial charge < -0.3 is 15.7 Å². The molecule has 0 saturated carbocycles. The lowest BCUT2D eigenvalue weighted by atomic mass is 10.1. The molecule has 0 radical (unpaired) electrons. The van der Waals surface area contributed by atoms with Crippen molar-refractivity contribution in [3.05, 3.63) is 59.2 Å². The Morgan fingerprint density at radius 3 is 2.38 bits per heavy atom. The number of carbonyl (C=O) groups excluding carboxylic acids is 1. The first kappa shape index (κ1) is 14.6. The van der Waals surface area contributed by atoms with Crippen molar-refractivity contribution in [2.45, 2.75) is 13.8 Å². The third kappa shape index (κ3) is 3.60. The Balaban J connectivity index is 2.18. The molecule has 21 heavy (non-hydrogen) atoms. The zero-order valence-corrected chi connectivity index (χ0v) is 11.8. The highest BCUT2D eigenvalue weighted by Gasteiger charge is 2.14. The zero-order chi connectivity index (χ0) is 15.4. The van der Waals surface area contributed by atoms with Gasteiger partial charge in [-0.2, -0.15) is 0 Å². The van der Waals surface area contributed by atoms with Crippen molar-refractivity contribution < 1.29 is 14.7 Å². The van der Waals surface area contributed by atoms with E-state index < -0.39 is 12.0 Å². The molecule has 0 saturated heterocycles. The maximum Gasteiger partial charge on any atom is 0.337 e. The first-order valence-corrected chi connectivity index (χ1v) is 6.45. The van der Waals surface area contributed by atoms with Gasteiger partial charge in [-0.3, -0.25) is 0 Å². The van der Waals surface area contributed by atoms with Crippen molar-refractivity contribution in [1.82, 2.24) is 0 Å². The van der Waals surface area contributed by atoms with E-state index in [1.54, 1.807) is 25.1 Å². The van der Waals surface area contributed by atoms with Gasteiger partial charge in [0.15, 0.2) is 0 Å². The Labute approximate surface area is 122 Å². The van der Waals surface area contributed by atoms with E-state index in [1.807, 2.05) is 25.1 Å². The highest BCUT2D eigenvalue weighted by atomic mass is 16.4. The lowest BCUT2D eigenvalue weighted by molar-refractivity contribution is 0.0698. The molecule has 2 aromatic rings. The Kier molecular flexibility index (Phi) is 4.23. The second-order valence-electron chi connectivity index (χ2n) is 4.75. The number of hydrogen-bond acceptors (Lipinski definition) is 2. The second kappa shape index (κ2) is 6.09. The average Bonchev–Trinajstić information content (AvgIpc) is 2.40. The van der Waals surface area contributed by atoms with Crippen LogP contribution in [-0.4, -0.2) is 17.1 Å². The molecular weight excluding hydrogens is 268 g/mol. The Hall–Kier alpha value is -2.82. The summed E-state index contributed by atoms with van der Waals surface area (Å²) >= 11 is 0. The van der Waals surface area contributed by atoms with E-state index in [0.29, 0.717) is 16.9 Å². The summed E-state index contributed by atoms with van der Waals surface area (Å²) in [5, 5.41) is 14.4. The number of aromatic carboxylic acids is 1. The van der Waals surface area contributed by atoms with Crippen LogP contribution in [0, 0.1) is 13.8 Å². The Morgan fingerprint density at radius 2 is 1.71 bits per heavy atom. The van der Waals surface area contributed by atoms with Crippen molar-refractivity contribution in [1.29, 1.82) is 0 Å². The number of benzene rings is 2. The Morgan fingerprint density at radius 1 is 1.00 bits per heavy atom. The maximum atomic E-state index is 12.0. The summed E-state index contributed by atoms with van der Waals surface area (Å²) in [6.07, 6.45) is 0. The molecule has 2 rings (SSSR count). The predicted octanol–water partition coefficient (Wildman–Crippen LogP) is 3.65. The zero-order valence-electron chi connectivity index (χ0n) is 11.8. The predicted molar refractivity (Wildman–Crippen MR) is 82.0 cm³/mol. The number of carbonyl (C=O) groups is 2. The van der Waals surface area contributed by atoms with E-state index in [4.69, 9.17) is 5.11 Å². The lowest BCUT2D eigenvalue weighted by Crippen LogP contribution is -2.21. The van der Waals surface area contributed by atoms with E-state index in [0.717, 1.165) is 5.56 Å². The summed E-state index contributed by atoms with van der Waals surface area (Å²) in [5.74, 6) is -1.08. The number of hydrogen-bond donors (Lipinski definition) is 3. The molecule has 3 N–H and O–H groups in total.